The molecular formula is C16H20N2O2S. The van der Waals surface area contributed by atoms with Crippen molar-refractivity contribution in [1.82, 2.24) is 4.98 Å². The summed E-state index contributed by atoms with van der Waals surface area (Å²) in [5, 5.41) is 9.90. The third kappa shape index (κ3) is 4.47. The van der Waals surface area contributed by atoms with Crippen LogP contribution in [-0.4, -0.2) is 23.3 Å². The summed E-state index contributed by atoms with van der Waals surface area (Å²) in [6, 6.07) is 4.12. The van der Waals surface area contributed by atoms with Crippen LogP contribution < -0.4 is 0 Å². The lowest BCUT2D eigenvalue weighted by Gasteiger charge is -2.16. The van der Waals surface area contributed by atoms with Crippen LogP contribution in [-0.2, 0) is 22.4 Å². The van der Waals surface area contributed by atoms with Gasteiger partial charge in [-0.05, 0) is 43.7 Å². The van der Waals surface area contributed by atoms with Gasteiger partial charge in [0.1, 0.15) is 11.1 Å². The normalized spacial score (nSPS) is 13.3. The van der Waals surface area contributed by atoms with E-state index in [1.165, 1.54) is 17.3 Å². The van der Waals surface area contributed by atoms with Gasteiger partial charge in [0.2, 0.25) is 0 Å². The zero-order valence-corrected chi connectivity index (χ0v) is 13.2. The minimum Gasteiger partial charge on any atom is -0.465 e. The number of rotatable bonds is 6. The van der Waals surface area contributed by atoms with Crippen LogP contribution in [0.4, 0.5) is 0 Å². The number of hydrogen-bond acceptors (Lipinski definition) is 5. The number of thioether (sulfide) groups is 1. The van der Waals surface area contributed by atoms with E-state index in [-0.39, 0.29) is 11.7 Å². The maximum Gasteiger partial charge on any atom is 0.316 e. The molecule has 4 nitrogen and oxygen atoms in total. The Balaban J connectivity index is 1.99. The Kier molecular flexibility index (Phi) is 6.06. The van der Waals surface area contributed by atoms with E-state index in [2.05, 4.69) is 18.0 Å². The topological polar surface area (TPSA) is 63.0 Å². The van der Waals surface area contributed by atoms with Crippen LogP contribution in [0.3, 0.4) is 0 Å². The summed E-state index contributed by atoms with van der Waals surface area (Å²) in [7, 11) is 0. The molecule has 2 rings (SSSR count). The zero-order chi connectivity index (χ0) is 15.1. The molecule has 1 aromatic rings. The number of aryl methyl sites for hydroxylation is 2. The molecule has 1 aliphatic carbocycles. The highest BCUT2D eigenvalue weighted by Crippen LogP contribution is 2.27. The summed E-state index contributed by atoms with van der Waals surface area (Å²) in [4.78, 5) is 16.2. The van der Waals surface area contributed by atoms with Gasteiger partial charge in [0.25, 0.3) is 0 Å². The van der Waals surface area contributed by atoms with E-state index in [1.807, 2.05) is 6.07 Å². The highest BCUT2D eigenvalue weighted by Gasteiger charge is 2.16. The van der Waals surface area contributed by atoms with Crippen LogP contribution in [0, 0.1) is 11.3 Å². The molecule has 0 radical (unpaired) electrons. The Bertz CT molecular complexity index is 552. The molecular weight excluding hydrogens is 284 g/mol. The van der Waals surface area contributed by atoms with Crippen molar-refractivity contribution in [3.63, 3.8) is 0 Å². The quantitative estimate of drug-likeness (QED) is 0.458. The van der Waals surface area contributed by atoms with Crippen molar-refractivity contribution in [3.05, 3.63) is 22.9 Å². The van der Waals surface area contributed by atoms with Gasteiger partial charge >= 0.3 is 5.97 Å². The van der Waals surface area contributed by atoms with Crippen LogP contribution in [0.25, 0.3) is 0 Å². The van der Waals surface area contributed by atoms with Gasteiger partial charge in [-0.25, -0.2) is 4.98 Å². The van der Waals surface area contributed by atoms with E-state index in [4.69, 9.17) is 4.74 Å². The number of carbonyl (C=O) groups is 1. The maximum atomic E-state index is 11.6. The SMILES string of the molecule is CCCCOC(=O)CSc1nc2c(cc1C#N)CCCC2. The average molecular weight is 304 g/mol. The fourth-order valence-corrected chi connectivity index (χ4v) is 3.08. The molecule has 0 aliphatic heterocycles. The van der Waals surface area contributed by atoms with Gasteiger partial charge in [-0.2, -0.15) is 5.26 Å². The third-order valence-electron chi connectivity index (χ3n) is 3.47. The third-order valence-corrected chi connectivity index (χ3v) is 4.44. The van der Waals surface area contributed by atoms with Crippen molar-refractivity contribution >= 4 is 17.7 Å². The summed E-state index contributed by atoms with van der Waals surface area (Å²) in [5.41, 5.74) is 2.84. The lowest BCUT2D eigenvalue weighted by atomic mass is 9.95. The minimum atomic E-state index is -0.239. The van der Waals surface area contributed by atoms with Crippen molar-refractivity contribution < 1.29 is 9.53 Å². The molecule has 1 heterocycles. The summed E-state index contributed by atoms with van der Waals surface area (Å²) in [5.74, 6) is -0.0265. The molecule has 0 aromatic carbocycles. The molecule has 21 heavy (non-hydrogen) atoms. The van der Waals surface area contributed by atoms with Gasteiger partial charge in [0.15, 0.2) is 0 Å². The molecule has 1 aromatic heterocycles. The number of ether oxygens (including phenoxy) is 1. The van der Waals surface area contributed by atoms with Gasteiger partial charge in [-0.1, -0.05) is 25.1 Å². The van der Waals surface area contributed by atoms with Crippen LogP contribution >= 0.6 is 11.8 Å². The molecule has 112 valence electrons. The number of unbranched alkanes of at least 4 members (excludes halogenated alkanes) is 1. The van der Waals surface area contributed by atoms with E-state index < -0.39 is 0 Å². The molecule has 0 saturated carbocycles. The lowest BCUT2D eigenvalue weighted by Crippen LogP contribution is -2.10. The Morgan fingerprint density at radius 3 is 3.05 bits per heavy atom. The monoisotopic (exact) mass is 304 g/mol. The first-order chi connectivity index (χ1) is 10.2. The number of esters is 1. The first-order valence-corrected chi connectivity index (χ1v) is 8.44. The Morgan fingerprint density at radius 2 is 2.29 bits per heavy atom. The minimum absolute atomic E-state index is 0.212. The van der Waals surface area contributed by atoms with Crippen molar-refractivity contribution in [3.8, 4) is 6.07 Å². The van der Waals surface area contributed by atoms with Crippen molar-refractivity contribution in [2.24, 2.45) is 0 Å². The summed E-state index contributed by atoms with van der Waals surface area (Å²) < 4.78 is 5.12. The molecule has 0 bridgehead atoms. The van der Waals surface area contributed by atoms with Gasteiger partial charge < -0.3 is 4.74 Å². The second kappa shape index (κ2) is 8.04. The van der Waals surface area contributed by atoms with E-state index in [1.54, 1.807) is 0 Å². The predicted molar refractivity (Wildman–Crippen MR) is 82.2 cm³/mol. The summed E-state index contributed by atoms with van der Waals surface area (Å²) in [6.45, 7) is 2.53. The number of nitriles is 1. The second-order valence-corrected chi connectivity index (χ2v) is 6.09. The van der Waals surface area contributed by atoms with E-state index in [9.17, 15) is 10.1 Å². The first-order valence-electron chi connectivity index (χ1n) is 7.46. The Morgan fingerprint density at radius 1 is 1.48 bits per heavy atom. The Hall–Kier alpha value is -1.54. The highest BCUT2D eigenvalue weighted by molar-refractivity contribution is 7.99. The van der Waals surface area contributed by atoms with Gasteiger partial charge in [0.05, 0.1) is 17.9 Å². The van der Waals surface area contributed by atoms with Crippen molar-refractivity contribution in [2.75, 3.05) is 12.4 Å². The zero-order valence-electron chi connectivity index (χ0n) is 12.4. The second-order valence-electron chi connectivity index (χ2n) is 5.13. The van der Waals surface area contributed by atoms with Crippen LogP contribution in [0.5, 0.6) is 0 Å². The predicted octanol–water partition coefficient (Wildman–Crippen LogP) is 3.27. The van der Waals surface area contributed by atoms with Crippen LogP contribution in [0.1, 0.15) is 49.4 Å². The number of nitrogens with zero attached hydrogens (tertiary/aromatic N) is 2. The molecule has 5 heteroatoms. The maximum absolute atomic E-state index is 11.6. The summed E-state index contributed by atoms with van der Waals surface area (Å²) >= 11 is 1.30. The number of fused-ring (bicyclic) bond motifs is 1. The fraction of sp³-hybridized carbons (Fsp3) is 0.562. The van der Waals surface area contributed by atoms with E-state index in [0.29, 0.717) is 17.2 Å². The number of carbonyl (C=O) groups excluding carboxylic acids is 1. The van der Waals surface area contributed by atoms with E-state index >= 15 is 0 Å². The molecule has 0 atom stereocenters. The van der Waals surface area contributed by atoms with Gasteiger partial charge in [-0.3, -0.25) is 4.79 Å². The lowest BCUT2D eigenvalue weighted by molar-refractivity contribution is -0.140. The molecule has 0 N–H and O–H groups in total. The highest BCUT2D eigenvalue weighted by atomic mass is 32.2. The Labute approximate surface area is 129 Å². The van der Waals surface area contributed by atoms with Crippen LogP contribution in [0.2, 0.25) is 0 Å². The molecule has 0 spiro atoms. The van der Waals surface area contributed by atoms with Crippen molar-refractivity contribution in [1.29, 1.82) is 5.26 Å². The molecule has 0 saturated heterocycles. The van der Waals surface area contributed by atoms with Crippen molar-refractivity contribution in [2.45, 2.75) is 50.5 Å². The van der Waals surface area contributed by atoms with E-state index in [0.717, 1.165) is 44.2 Å². The van der Waals surface area contributed by atoms with Gasteiger partial charge in [-0.15, -0.1) is 0 Å². The smallest absolute Gasteiger partial charge is 0.316 e. The average Bonchev–Trinajstić information content (AvgIpc) is 2.52. The largest absolute Gasteiger partial charge is 0.465 e. The molecule has 1 aliphatic rings. The standard InChI is InChI=1S/C16H20N2O2S/c1-2-3-8-20-15(19)11-21-16-13(10-17)9-12-6-4-5-7-14(12)18-16/h9H,2-8,11H2,1H3. The van der Waals surface area contributed by atoms with Crippen LogP contribution in [0.15, 0.2) is 11.1 Å². The van der Waals surface area contributed by atoms with Gasteiger partial charge in [0, 0.05) is 5.69 Å². The molecule has 0 unspecified atom stereocenters. The summed E-state index contributed by atoms with van der Waals surface area (Å²) in [6.07, 6.45) is 6.17. The molecule has 0 amide bonds. The molecule has 0 fully saturated rings. The first kappa shape index (κ1) is 15.8. The number of pyridine rings is 1. The number of hydrogen-bond donors (Lipinski definition) is 0. The number of aromatic nitrogens is 1. The fourth-order valence-electron chi connectivity index (χ4n) is 2.30.